The second kappa shape index (κ2) is 7.90. The van der Waals surface area contributed by atoms with Crippen LogP contribution in [0.4, 0.5) is 0 Å². The van der Waals surface area contributed by atoms with E-state index >= 15 is 0 Å². The van der Waals surface area contributed by atoms with E-state index in [2.05, 4.69) is 14.5 Å². The van der Waals surface area contributed by atoms with Crippen LogP contribution in [-0.4, -0.2) is 52.1 Å². The standard InChI is InChI=1S/C18H21N5O2/c1-25-11-10-22-9-6-20-17(22)14-4-7-23(8-5-14)18(24)15-2-3-16(12-19)21-13-15/h2-3,6,9,13-14H,4-5,7-8,10-11H2,1H3. The number of carbonyl (C=O) groups excluding carboxylic acids is 1. The van der Waals surface area contributed by atoms with E-state index in [4.69, 9.17) is 10.00 Å². The summed E-state index contributed by atoms with van der Waals surface area (Å²) in [4.78, 5) is 22.9. The van der Waals surface area contributed by atoms with Crippen molar-refractivity contribution in [2.24, 2.45) is 0 Å². The van der Waals surface area contributed by atoms with Crippen LogP contribution in [0.15, 0.2) is 30.7 Å². The molecular formula is C18H21N5O2. The summed E-state index contributed by atoms with van der Waals surface area (Å²) in [6.45, 7) is 2.84. The lowest BCUT2D eigenvalue weighted by Gasteiger charge is -2.32. The lowest BCUT2D eigenvalue weighted by molar-refractivity contribution is 0.0709. The van der Waals surface area contributed by atoms with E-state index < -0.39 is 0 Å². The summed E-state index contributed by atoms with van der Waals surface area (Å²) in [5, 5.41) is 8.79. The molecule has 7 nitrogen and oxygen atoms in total. The van der Waals surface area contributed by atoms with Crippen LogP contribution in [0.25, 0.3) is 0 Å². The van der Waals surface area contributed by atoms with Crippen molar-refractivity contribution < 1.29 is 9.53 Å². The number of hydrogen-bond donors (Lipinski definition) is 0. The topological polar surface area (TPSA) is 84.0 Å². The van der Waals surface area contributed by atoms with Crippen molar-refractivity contribution >= 4 is 5.91 Å². The highest BCUT2D eigenvalue weighted by Crippen LogP contribution is 2.27. The first-order valence-corrected chi connectivity index (χ1v) is 8.38. The first-order valence-electron chi connectivity index (χ1n) is 8.38. The molecule has 0 radical (unpaired) electrons. The Labute approximate surface area is 146 Å². The van der Waals surface area contributed by atoms with E-state index in [1.54, 1.807) is 19.2 Å². The fourth-order valence-corrected chi connectivity index (χ4v) is 3.17. The van der Waals surface area contributed by atoms with Crippen LogP contribution in [0.5, 0.6) is 0 Å². The van der Waals surface area contributed by atoms with E-state index in [0.717, 1.165) is 25.2 Å². The zero-order valence-electron chi connectivity index (χ0n) is 14.3. The normalized spacial score (nSPS) is 15.1. The fourth-order valence-electron chi connectivity index (χ4n) is 3.17. The van der Waals surface area contributed by atoms with E-state index in [0.29, 0.717) is 36.9 Å². The number of piperidine rings is 1. The zero-order valence-corrected chi connectivity index (χ0v) is 14.3. The molecule has 1 amide bonds. The quantitative estimate of drug-likeness (QED) is 0.829. The third kappa shape index (κ3) is 3.86. The van der Waals surface area contributed by atoms with E-state index in [1.165, 1.54) is 6.20 Å². The predicted molar refractivity (Wildman–Crippen MR) is 90.9 cm³/mol. The molecular weight excluding hydrogens is 318 g/mol. The molecule has 0 bridgehead atoms. The maximum Gasteiger partial charge on any atom is 0.255 e. The predicted octanol–water partition coefficient (Wildman–Crippen LogP) is 1.82. The van der Waals surface area contributed by atoms with Gasteiger partial charge in [-0.1, -0.05) is 0 Å². The summed E-state index contributed by atoms with van der Waals surface area (Å²) in [6.07, 6.45) is 7.06. The molecule has 0 aliphatic carbocycles. The highest BCUT2D eigenvalue weighted by Gasteiger charge is 2.27. The summed E-state index contributed by atoms with van der Waals surface area (Å²) in [7, 11) is 1.69. The molecule has 1 fully saturated rings. The number of aromatic nitrogens is 3. The Kier molecular flexibility index (Phi) is 5.41. The molecule has 0 atom stereocenters. The molecule has 3 rings (SSSR count). The maximum atomic E-state index is 12.6. The number of rotatable bonds is 5. The fraction of sp³-hybridized carbons (Fsp3) is 0.444. The van der Waals surface area contributed by atoms with Gasteiger partial charge in [0.25, 0.3) is 5.91 Å². The summed E-state index contributed by atoms with van der Waals surface area (Å²) in [5.74, 6) is 1.40. The summed E-state index contributed by atoms with van der Waals surface area (Å²) >= 11 is 0. The van der Waals surface area contributed by atoms with Crippen LogP contribution >= 0.6 is 0 Å². The first kappa shape index (κ1) is 17.1. The number of hydrogen-bond acceptors (Lipinski definition) is 5. The largest absolute Gasteiger partial charge is 0.383 e. The minimum absolute atomic E-state index is 0.0295. The van der Waals surface area contributed by atoms with Crippen molar-refractivity contribution in [1.82, 2.24) is 19.4 Å². The molecule has 1 saturated heterocycles. The van der Waals surface area contributed by atoms with Gasteiger partial charge in [0.2, 0.25) is 0 Å². The van der Waals surface area contributed by atoms with Gasteiger partial charge in [-0.25, -0.2) is 9.97 Å². The Balaban J connectivity index is 1.60. The van der Waals surface area contributed by atoms with Gasteiger partial charge < -0.3 is 14.2 Å². The Morgan fingerprint density at radius 3 is 2.80 bits per heavy atom. The number of amides is 1. The monoisotopic (exact) mass is 339 g/mol. The van der Waals surface area contributed by atoms with Gasteiger partial charge in [-0.15, -0.1) is 0 Å². The van der Waals surface area contributed by atoms with E-state index in [1.807, 2.05) is 23.4 Å². The second-order valence-electron chi connectivity index (χ2n) is 6.08. The molecule has 0 saturated carbocycles. The van der Waals surface area contributed by atoms with Crippen LogP contribution in [0, 0.1) is 11.3 Å². The minimum Gasteiger partial charge on any atom is -0.383 e. The molecule has 2 aromatic rings. The smallest absolute Gasteiger partial charge is 0.255 e. The maximum absolute atomic E-state index is 12.6. The van der Waals surface area contributed by atoms with Crippen molar-refractivity contribution in [3.05, 3.63) is 47.8 Å². The zero-order chi connectivity index (χ0) is 17.6. The number of methoxy groups -OCH3 is 1. The van der Waals surface area contributed by atoms with E-state index in [-0.39, 0.29) is 5.91 Å². The molecule has 130 valence electrons. The first-order chi connectivity index (χ1) is 12.2. The number of nitrogens with zero attached hydrogens (tertiary/aromatic N) is 5. The van der Waals surface area contributed by atoms with Gasteiger partial charge in [0, 0.05) is 51.3 Å². The van der Waals surface area contributed by atoms with Crippen LogP contribution in [0.3, 0.4) is 0 Å². The third-order valence-electron chi connectivity index (χ3n) is 4.56. The number of nitriles is 1. The average molecular weight is 339 g/mol. The van der Waals surface area contributed by atoms with Crippen molar-refractivity contribution in [1.29, 1.82) is 5.26 Å². The lowest BCUT2D eigenvalue weighted by atomic mass is 9.95. The molecule has 0 N–H and O–H groups in total. The molecule has 1 aliphatic rings. The van der Waals surface area contributed by atoms with Gasteiger partial charge in [0.1, 0.15) is 17.6 Å². The van der Waals surface area contributed by atoms with Gasteiger partial charge in [-0.05, 0) is 25.0 Å². The van der Waals surface area contributed by atoms with Gasteiger partial charge >= 0.3 is 0 Å². The number of imidazole rings is 1. The highest BCUT2D eigenvalue weighted by molar-refractivity contribution is 5.94. The summed E-state index contributed by atoms with van der Waals surface area (Å²) in [5.41, 5.74) is 0.845. The van der Waals surface area contributed by atoms with Crippen molar-refractivity contribution in [2.75, 3.05) is 26.8 Å². The van der Waals surface area contributed by atoms with Crippen molar-refractivity contribution in [3.8, 4) is 6.07 Å². The van der Waals surface area contributed by atoms with Crippen molar-refractivity contribution in [3.63, 3.8) is 0 Å². The Hall–Kier alpha value is -2.72. The van der Waals surface area contributed by atoms with Gasteiger partial charge in [-0.3, -0.25) is 4.79 Å². The molecule has 0 aromatic carbocycles. The third-order valence-corrected chi connectivity index (χ3v) is 4.56. The Morgan fingerprint density at radius 2 is 2.16 bits per heavy atom. The van der Waals surface area contributed by atoms with Gasteiger partial charge in [0.15, 0.2) is 0 Å². The molecule has 1 aliphatic heterocycles. The molecule has 3 heterocycles. The summed E-state index contributed by atoms with van der Waals surface area (Å²) < 4.78 is 7.28. The number of ether oxygens (including phenoxy) is 1. The van der Waals surface area contributed by atoms with Crippen LogP contribution in [0.1, 0.15) is 40.6 Å². The second-order valence-corrected chi connectivity index (χ2v) is 6.08. The number of carbonyl (C=O) groups is 1. The minimum atomic E-state index is -0.0295. The molecule has 7 heteroatoms. The SMILES string of the molecule is COCCn1ccnc1C1CCN(C(=O)c2ccc(C#N)nc2)CC1. The van der Waals surface area contributed by atoms with Gasteiger partial charge in [0.05, 0.1) is 12.2 Å². The number of pyridine rings is 1. The van der Waals surface area contributed by atoms with Crippen LogP contribution < -0.4 is 0 Å². The molecule has 0 unspecified atom stereocenters. The van der Waals surface area contributed by atoms with Crippen LogP contribution in [0.2, 0.25) is 0 Å². The lowest BCUT2D eigenvalue weighted by Crippen LogP contribution is -2.38. The Morgan fingerprint density at radius 1 is 1.36 bits per heavy atom. The highest BCUT2D eigenvalue weighted by atomic mass is 16.5. The van der Waals surface area contributed by atoms with Crippen molar-refractivity contribution in [2.45, 2.75) is 25.3 Å². The molecule has 25 heavy (non-hydrogen) atoms. The van der Waals surface area contributed by atoms with E-state index in [9.17, 15) is 4.79 Å². The summed E-state index contributed by atoms with van der Waals surface area (Å²) in [6, 6.07) is 5.20. The van der Waals surface area contributed by atoms with Crippen LogP contribution in [-0.2, 0) is 11.3 Å². The van der Waals surface area contributed by atoms with Gasteiger partial charge in [-0.2, -0.15) is 5.26 Å². The Bertz CT molecular complexity index is 755. The average Bonchev–Trinajstić information content (AvgIpc) is 3.14. The molecule has 2 aromatic heterocycles. The number of likely N-dealkylation sites (tertiary alicyclic amines) is 1. The molecule has 0 spiro atoms.